The number of hydrogen-bond donors (Lipinski definition) is 2. The molecule has 0 radical (unpaired) electrons. The summed E-state index contributed by atoms with van der Waals surface area (Å²) in [5, 5.41) is 12.0. The monoisotopic (exact) mass is 211 g/mol. The summed E-state index contributed by atoms with van der Waals surface area (Å²) in [4.78, 5) is 11.7. The van der Waals surface area contributed by atoms with Crippen LogP contribution in [0.1, 0.15) is 39.0 Å². The molecule has 0 spiro atoms. The van der Waals surface area contributed by atoms with Gasteiger partial charge in [0, 0.05) is 12.5 Å². The van der Waals surface area contributed by atoms with Gasteiger partial charge in [-0.15, -0.1) is 0 Å². The van der Waals surface area contributed by atoms with E-state index in [2.05, 4.69) is 5.32 Å². The average molecular weight is 211 g/mol. The molecule has 2 fully saturated rings. The van der Waals surface area contributed by atoms with Crippen LogP contribution in [0.15, 0.2) is 0 Å². The van der Waals surface area contributed by atoms with Crippen molar-refractivity contribution in [2.24, 2.45) is 17.8 Å². The Morgan fingerprint density at radius 3 is 2.67 bits per heavy atom. The number of aliphatic hydroxyl groups excluding tert-OH is 1. The standard InChI is InChI=1S/C12H21NO2/c1-8(14)3-2-4-13-12(15)11-6-9-5-10(9)7-11/h8-11,14H,2-7H2,1H3,(H,13,15). The van der Waals surface area contributed by atoms with E-state index in [0.717, 1.165) is 44.1 Å². The van der Waals surface area contributed by atoms with Crippen LogP contribution < -0.4 is 5.32 Å². The zero-order valence-corrected chi connectivity index (χ0v) is 9.41. The van der Waals surface area contributed by atoms with Gasteiger partial charge in [-0.1, -0.05) is 0 Å². The molecule has 2 aliphatic rings. The highest BCUT2D eigenvalue weighted by molar-refractivity contribution is 5.79. The summed E-state index contributed by atoms with van der Waals surface area (Å²) in [6, 6.07) is 0. The predicted octanol–water partition coefficient (Wildman–Crippen LogP) is 1.31. The predicted molar refractivity (Wildman–Crippen MR) is 58.2 cm³/mol. The van der Waals surface area contributed by atoms with Crippen molar-refractivity contribution < 1.29 is 9.90 Å². The zero-order chi connectivity index (χ0) is 10.8. The molecule has 3 nitrogen and oxygen atoms in total. The van der Waals surface area contributed by atoms with E-state index in [1.54, 1.807) is 6.92 Å². The van der Waals surface area contributed by atoms with E-state index in [9.17, 15) is 4.79 Å². The molecule has 2 saturated carbocycles. The fourth-order valence-electron chi connectivity index (χ4n) is 2.68. The molecule has 2 rings (SSSR count). The van der Waals surface area contributed by atoms with Crippen molar-refractivity contribution in [3.8, 4) is 0 Å². The van der Waals surface area contributed by atoms with Crippen molar-refractivity contribution in [3.05, 3.63) is 0 Å². The summed E-state index contributed by atoms with van der Waals surface area (Å²) in [5.74, 6) is 2.28. The summed E-state index contributed by atoms with van der Waals surface area (Å²) in [5.41, 5.74) is 0. The highest BCUT2D eigenvalue weighted by atomic mass is 16.3. The van der Waals surface area contributed by atoms with E-state index in [0.29, 0.717) is 5.92 Å². The van der Waals surface area contributed by atoms with Crippen molar-refractivity contribution in [2.45, 2.75) is 45.1 Å². The lowest BCUT2D eigenvalue weighted by Crippen LogP contribution is -2.31. The Bertz CT molecular complexity index is 230. The maximum atomic E-state index is 11.7. The van der Waals surface area contributed by atoms with E-state index < -0.39 is 0 Å². The third-order valence-electron chi connectivity index (χ3n) is 3.71. The van der Waals surface area contributed by atoms with Crippen LogP contribution in [-0.2, 0) is 4.79 Å². The minimum absolute atomic E-state index is 0.243. The van der Waals surface area contributed by atoms with Crippen LogP contribution in [-0.4, -0.2) is 23.7 Å². The summed E-state index contributed by atoms with van der Waals surface area (Å²) in [7, 11) is 0. The van der Waals surface area contributed by atoms with Crippen LogP contribution in [0.3, 0.4) is 0 Å². The Morgan fingerprint density at radius 2 is 2.07 bits per heavy atom. The van der Waals surface area contributed by atoms with Crippen LogP contribution >= 0.6 is 0 Å². The van der Waals surface area contributed by atoms with Gasteiger partial charge in [-0.2, -0.15) is 0 Å². The van der Waals surface area contributed by atoms with Crippen LogP contribution in [0.5, 0.6) is 0 Å². The third kappa shape index (κ3) is 2.94. The van der Waals surface area contributed by atoms with Crippen LogP contribution in [0.2, 0.25) is 0 Å². The normalized spacial score (nSPS) is 34.7. The van der Waals surface area contributed by atoms with Crippen molar-refractivity contribution in [2.75, 3.05) is 6.54 Å². The van der Waals surface area contributed by atoms with Gasteiger partial charge >= 0.3 is 0 Å². The number of carbonyl (C=O) groups excluding carboxylic acids is 1. The largest absolute Gasteiger partial charge is 0.393 e. The van der Waals surface area contributed by atoms with Gasteiger partial charge in [-0.3, -0.25) is 4.79 Å². The Labute approximate surface area is 91.2 Å². The molecule has 15 heavy (non-hydrogen) atoms. The van der Waals surface area contributed by atoms with Crippen molar-refractivity contribution in [1.82, 2.24) is 5.32 Å². The van der Waals surface area contributed by atoms with Crippen LogP contribution in [0, 0.1) is 17.8 Å². The molecule has 0 aromatic heterocycles. The molecule has 0 saturated heterocycles. The SMILES string of the molecule is CC(O)CCCNC(=O)C1CC2CC2C1. The molecular weight excluding hydrogens is 190 g/mol. The molecular formula is C12H21NO2. The number of fused-ring (bicyclic) bond motifs is 1. The first-order valence-corrected chi connectivity index (χ1v) is 6.12. The fraction of sp³-hybridized carbons (Fsp3) is 0.917. The van der Waals surface area contributed by atoms with Crippen LogP contribution in [0.25, 0.3) is 0 Å². The lowest BCUT2D eigenvalue weighted by atomic mass is 10.0. The van der Waals surface area contributed by atoms with Gasteiger partial charge in [0.1, 0.15) is 0 Å². The molecule has 3 heteroatoms. The number of rotatable bonds is 5. The van der Waals surface area contributed by atoms with E-state index in [1.807, 2.05) is 0 Å². The van der Waals surface area contributed by atoms with Crippen molar-refractivity contribution in [1.29, 1.82) is 0 Å². The van der Waals surface area contributed by atoms with E-state index in [4.69, 9.17) is 5.11 Å². The molecule has 3 atom stereocenters. The summed E-state index contributed by atoms with van der Waals surface area (Å²) in [6.45, 7) is 2.50. The maximum absolute atomic E-state index is 11.7. The molecule has 86 valence electrons. The van der Waals surface area contributed by atoms with Crippen LogP contribution in [0.4, 0.5) is 0 Å². The molecule has 0 aliphatic heterocycles. The minimum atomic E-state index is -0.249. The minimum Gasteiger partial charge on any atom is -0.393 e. The van der Waals surface area contributed by atoms with Gasteiger partial charge in [0.05, 0.1) is 6.10 Å². The molecule has 1 amide bonds. The second kappa shape index (κ2) is 4.52. The molecule has 0 aromatic carbocycles. The quantitative estimate of drug-likeness (QED) is 0.674. The lowest BCUT2D eigenvalue weighted by Gasteiger charge is -2.12. The summed E-state index contributed by atoms with van der Waals surface area (Å²) < 4.78 is 0. The van der Waals surface area contributed by atoms with Crippen molar-refractivity contribution in [3.63, 3.8) is 0 Å². The number of nitrogens with one attached hydrogen (secondary N) is 1. The highest BCUT2D eigenvalue weighted by Crippen LogP contribution is 2.54. The second-order valence-electron chi connectivity index (χ2n) is 5.21. The lowest BCUT2D eigenvalue weighted by molar-refractivity contribution is -0.125. The number of carbonyl (C=O) groups is 1. The van der Waals surface area contributed by atoms with E-state index in [-0.39, 0.29) is 12.0 Å². The molecule has 0 heterocycles. The first kappa shape index (κ1) is 10.9. The second-order valence-corrected chi connectivity index (χ2v) is 5.21. The third-order valence-corrected chi connectivity index (χ3v) is 3.71. The van der Waals surface area contributed by atoms with Gasteiger partial charge in [0.2, 0.25) is 5.91 Å². The number of hydrogen-bond acceptors (Lipinski definition) is 2. The summed E-state index contributed by atoms with van der Waals surface area (Å²) >= 11 is 0. The average Bonchev–Trinajstić information content (AvgIpc) is 2.80. The number of amides is 1. The van der Waals surface area contributed by atoms with Gasteiger partial charge in [-0.25, -0.2) is 0 Å². The van der Waals surface area contributed by atoms with E-state index >= 15 is 0 Å². The van der Waals surface area contributed by atoms with Gasteiger partial charge in [-0.05, 0) is 50.9 Å². The molecule has 0 aromatic rings. The Kier molecular flexibility index (Phi) is 3.29. The van der Waals surface area contributed by atoms with E-state index in [1.165, 1.54) is 6.42 Å². The first-order valence-electron chi connectivity index (χ1n) is 6.12. The number of aliphatic hydroxyl groups is 1. The highest BCUT2D eigenvalue weighted by Gasteiger charge is 2.47. The Balaban J connectivity index is 1.57. The van der Waals surface area contributed by atoms with Crippen molar-refractivity contribution >= 4 is 5.91 Å². The van der Waals surface area contributed by atoms with Gasteiger partial charge in [0.15, 0.2) is 0 Å². The smallest absolute Gasteiger partial charge is 0.223 e. The van der Waals surface area contributed by atoms with Gasteiger partial charge in [0.25, 0.3) is 0 Å². The fourth-order valence-corrected chi connectivity index (χ4v) is 2.68. The molecule has 2 N–H and O–H groups in total. The zero-order valence-electron chi connectivity index (χ0n) is 9.41. The topological polar surface area (TPSA) is 49.3 Å². The molecule has 3 unspecified atom stereocenters. The van der Waals surface area contributed by atoms with Gasteiger partial charge < -0.3 is 10.4 Å². The summed E-state index contributed by atoms with van der Waals surface area (Å²) in [6.07, 6.45) is 5.01. The molecule has 2 aliphatic carbocycles. The maximum Gasteiger partial charge on any atom is 0.223 e. The Morgan fingerprint density at radius 1 is 1.40 bits per heavy atom. The molecule has 0 bridgehead atoms. The Hall–Kier alpha value is -0.570. The first-order chi connectivity index (χ1) is 7.16.